The van der Waals surface area contributed by atoms with E-state index in [0.717, 1.165) is 27.9 Å². The van der Waals surface area contributed by atoms with Crippen LogP contribution in [0.4, 0.5) is 11.4 Å². The Morgan fingerprint density at radius 2 is 1.33 bits per heavy atom. The maximum absolute atomic E-state index is 12.7. The van der Waals surface area contributed by atoms with Crippen molar-refractivity contribution in [3.63, 3.8) is 0 Å². The highest BCUT2D eigenvalue weighted by Crippen LogP contribution is 2.36. The molecule has 5 rings (SSSR count). The number of carbonyl (C=O) groups excluding carboxylic acids is 2. The molecule has 8 heteroatoms. The van der Waals surface area contributed by atoms with Crippen molar-refractivity contribution in [2.45, 2.75) is 6.92 Å². The standard InChI is InChI=1S/C31H25N3O5/c1-18-24-16-25(31(38)39)27(35)17-26(24)34(2)28(18)21-9-6-10-23(15-21)33-30(37)29(36)32-22-13-11-20(12-14-22)19-7-4-3-5-8-19/h3-17,35H,1-2H3,(H,32,36)(H,33,37)(H,38,39). The van der Waals surface area contributed by atoms with Crippen LogP contribution in [0, 0.1) is 6.92 Å². The number of anilines is 2. The second-order valence-corrected chi connectivity index (χ2v) is 9.16. The minimum atomic E-state index is -1.21. The molecular formula is C31H25N3O5. The van der Waals surface area contributed by atoms with Gasteiger partial charge in [-0.2, -0.15) is 0 Å². The first-order chi connectivity index (χ1) is 18.7. The van der Waals surface area contributed by atoms with Crippen LogP contribution in [-0.4, -0.2) is 32.6 Å². The van der Waals surface area contributed by atoms with Gasteiger partial charge in [0.25, 0.3) is 0 Å². The molecule has 1 heterocycles. The number of phenols is 1. The van der Waals surface area contributed by atoms with Crippen molar-refractivity contribution in [3.8, 4) is 28.1 Å². The molecule has 8 nitrogen and oxygen atoms in total. The Morgan fingerprint density at radius 3 is 2.00 bits per heavy atom. The molecule has 1 aromatic heterocycles. The quantitative estimate of drug-likeness (QED) is 0.219. The molecule has 0 aliphatic heterocycles. The lowest BCUT2D eigenvalue weighted by atomic mass is 10.0. The molecule has 0 aliphatic rings. The highest BCUT2D eigenvalue weighted by molar-refractivity contribution is 6.43. The Kier molecular flexibility index (Phi) is 6.60. The maximum atomic E-state index is 12.7. The van der Waals surface area contributed by atoms with Crippen LogP contribution in [0.5, 0.6) is 5.75 Å². The molecule has 2 amide bonds. The molecular weight excluding hydrogens is 494 g/mol. The van der Waals surface area contributed by atoms with Crippen LogP contribution in [0.15, 0.2) is 91.0 Å². The normalized spacial score (nSPS) is 10.8. The van der Waals surface area contributed by atoms with Gasteiger partial charge >= 0.3 is 17.8 Å². The lowest BCUT2D eigenvalue weighted by Crippen LogP contribution is -2.29. The summed E-state index contributed by atoms with van der Waals surface area (Å²) in [6, 6.07) is 26.9. The summed E-state index contributed by atoms with van der Waals surface area (Å²) in [6.45, 7) is 1.86. The third-order valence-electron chi connectivity index (χ3n) is 6.65. The van der Waals surface area contributed by atoms with Gasteiger partial charge < -0.3 is 25.4 Å². The first-order valence-corrected chi connectivity index (χ1v) is 12.2. The summed E-state index contributed by atoms with van der Waals surface area (Å²) in [5.41, 5.74) is 5.80. The highest BCUT2D eigenvalue weighted by atomic mass is 16.4. The number of nitrogens with one attached hydrogen (secondary N) is 2. The maximum Gasteiger partial charge on any atom is 0.339 e. The van der Waals surface area contributed by atoms with Crippen molar-refractivity contribution in [1.82, 2.24) is 4.57 Å². The van der Waals surface area contributed by atoms with Gasteiger partial charge in [0, 0.05) is 35.4 Å². The number of fused-ring (bicyclic) bond motifs is 1. The number of aromatic nitrogens is 1. The second kappa shape index (κ2) is 10.2. The highest BCUT2D eigenvalue weighted by Gasteiger charge is 2.20. The zero-order valence-corrected chi connectivity index (χ0v) is 21.2. The molecule has 4 aromatic carbocycles. The Morgan fingerprint density at radius 1 is 0.718 bits per heavy atom. The molecule has 5 aromatic rings. The molecule has 0 radical (unpaired) electrons. The number of hydrogen-bond donors (Lipinski definition) is 4. The van der Waals surface area contributed by atoms with Gasteiger partial charge in [-0.05, 0) is 53.9 Å². The molecule has 4 N–H and O–H groups in total. The van der Waals surface area contributed by atoms with Gasteiger partial charge in [0.1, 0.15) is 11.3 Å². The summed E-state index contributed by atoms with van der Waals surface area (Å²) in [5.74, 6) is -3.15. The number of hydrogen-bond acceptors (Lipinski definition) is 4. The third kappa shape index (κ3) is 4.95. The zero-order valence-electron chi connectivity index (χ0n) is 21.2. The second-order valence-electron chi connectivity index (χ2n) is 9.16. The van der Waals surface area contributed by atoms with E-state index >= 15 is 0 Å². The topological polar surface area (TPSA) is 121 Å². The molecule has 0 unspecified atom stereocenters. The number of nitrogens with zero attached hydrogens (tertiary/aromatic N) is 1. The van der Waals surface area contributed by atoms with E-state index in [1.54, 1.807) is 30.3 Å². The van der Waals surface area contributed by atoms with Crippen LogP contribution in [0.3, 0.4) is 0 Å². The lowest BCUT2D eigenvalue weighted by molar-refractivity contribution is -0.132. The number of carbonyl (C=O) groups is 3. The third-order valence-corrected chi connectivity index (χ3v) is 6.65. The van der Waals surface area contributed by atoms with Crippen LogP contribution in [0.2, 0.25) is 0 Å². The SMILES string of the molecule is Cc1c(-c2cccc(NC(=O)C(=O)Nc3ccc(-c4ccccc4)cc3)c2)n(C)c2cc(O)c(C(=O)O)cc12. The summed E-state index contributed by atoms with van der Waals surface area (Å²) < 4.78 is 1.85. The van der Waals surface area contributed by atoms with Crippen LogP contribution >= 0.6 is 0 Å². The number of rotatable bonds is 5. The molecule has 0 fully saturated rings. The van der Waals surface area contributed by atoms with E-state index < -0.39 is 17.8 Å². The molecule has 0 bridgehead atoms. The van der Waals surface area contributed by atoms with Crippen LogP contribution in [-0.2, 0) is 16.6 Å². The van der Waals surface area contributed by atoms with Crippen LogP contribution in [0.1, 0.15) is 15.9 Å². The van der Waals surface area contributed by atoms with Crippen molar-refractivity contribution in [3.05, 3.63) is 102 Å². The largest absolute Gasteiger partial charge is 0.507 e. The van der Waals surface area contributed by atoms with E-state index in [0.29, 0.717) is 22.3 Å². The number of carboxylic acid groups (broad SMARTS) is 1. The van der Waals surface area contributed by atoms with Crippen LogP contribution in [0.25, 0.3) is 33.3 Å². The van der Waals surface area contributed by atoms with E-state index in [9.17, 15) is 24.6 Å². The first-order valence-electron chi connectivity index (χ1n) is 12.2. The molecule has 194 valence electrons. The average Bonchev–Trinajstić information content (AvgIpc) is 3.17. The fourth-order valence-electron chi connectivity index (χ4n) is 4.73. The molecule has 0 atom stereocenters. The van der Waals surface area contributed by atoms with Gasteiger partial charge in [-0.3, -0.25) is 9.59 Å². The Bertz CT molecular complexity index is 1740. The first kappa shape index (κ1) is 25.3. The van der Waals surface area contributed by atoms with Gasteiger partial charge in [0.2, 0.25) is 0 Å². The number of carboxylic acids is 1. The van der Waals surface area contributed by atoms with Crippen molar-refractivity contribution in [2.75, 3.05) is 10.6 Å². The molecule has 39 heavy (non-hydrogen) atoms. The number of aromatic carboxylic acids is 1. The Balaban J connectivity index is 1.34. The molecule has 0 saturated carbocycles. The zero-order chi connectivity index (χ0) is 27.7. The fraction of sp³-hybridized carbons (Fsp3) is 0.0645. The van der Waals surface area contributed by atoms with Crippen molar-refractivity contribution >= 4 is 40.1 Å². The van der Waals surface area contributed by atoms with E-state index in [1.807, 2.05) is 67.1 Å². The minimum absolute atomic E-state index is 0.176. The minimum Gasteiger partial charge on any atom is -0.507 e. The monoisotopic (exact) mass is 519 g/mol. The van der Waals surface area contributed by atoms with E-state index in [1.165, 1.54) is 12.1 Å². The summed E-state index contributed by atoms with van der Waals surface area (Å²) in [7, 11) is 1.81. The Labute approximate surface area is 224 Å². The average molecular weight is 520 g/mol. The lowest BCUT2D eigenvalue weighted by Gasteiger charge is -2.10. The van der Waals surface area contributed by atoms with Gasteiger partial charge in [-0.15, -0.1) is 0 Å². The predicted molar refractivity (Wildman–Crippen MR) is 151 cm³/mol. The van der Waals surface area contributed by atoms with Gasteiger partial charge in [-0.1, -0.05) is 54.6 Å². The molecule has 0 aliphatic carbocycles. The summed E-state index contributed by atoms with van der Waals surface area (Å²) in [5, 5.41) is 25.5. The van der Waals surface area contributed by atoms with Crippen molar-refractivity contribution in [2.24, 2.45) is 7.05 Å². The van der Waals surface area contributed by atoms with Gasteiger partial charge in [0.15, 0.2) is 0 Å². The van der Waals surface area contributed by atoms with Gasteiger partial charge in [-0.25, -0.2) is 4.79 Å². The number of benzene rings is 4. The van der Waals surface area contributed by atoms with Crippen LogP contribution < -0.4 is 10.6 Å². The Hall–Kier alpha value is -5.37. The summed E-state index contributed by atoms with van der Waals surface area (Å²) in [4.78, 5) is 36.7. The summed E-state index contributed by atoms with van der Waals surface area (Å²) in [6.07, 6.45) is 0. The van der Waals surface area contributed by atoms with Crippen molar-refractivity contribution in [1.29, 1.82) is 0 Å². The molecule has 0 saturated heterocycles. The van der Waals surface area contributed by atoms with E-state index in [4.69, 9.17) is 0 Å². The summed E-state index contributed by atoms with van der Waals surface area (Å²) >= 11 is 0. The number of amides is 2. The van der Waals surface area contributed by atoms with E-state index in [-0.39, 0.29) is 11.3 Å². The van der Waals surface area contributed by atoms with Gasteiger partial charge in [0.05, 0.1) is 11.2 Å². The smallest absolute Gasteiger partial charge is 0.339 e. The fourth-order valence-corrected chi connectivity index (χ4v) is 4.73. The van der Waals surface area contributed by atoms with E-state index in [2.05, 4.69) is 10.6 Å². The predicted octanol–water partition coefficient (Wildman–Crippen LogP) is 5.80. The number of aromatic hydroxyl groups is 1. The van der Waals surface area contributed by atoms with Crippen molar-refractivity contribution < 1.29 is 24.6 Å². The number of aryl methyl sites for hydroxylation is 2. The molecule has 0 spiro atoms.